The zero-order valence-electron chi connectivity index (χ0n) is 19.2. The highest BCUT2D eigenvalue weighted by atomic mass is 16.5. The molecule has 3 aliphatic carbocycles. The lowest BCUT2D eigenvalue weighted by Gasteiger charge is -2.62. The summed E-state index contributed by atoms with van der Waals surface area (Å²) in [5.74, 6) is 4.34. The number of nitrogens with zero attached hydrogens (tertiary/aromatic N) is 1. The molecule has 3 saturated carbocycles. The Hall–Kier alpha value is -0.570. The van der Waals surface area contributed by atoms with Gasteiger partial charge in [-0.15, -0.1) is 0 Å². The number of amides is 1. The second-order valence-corrected chi connectivity index (χ2v) is 11.3. The first-order valence-electron chi connectivity index (χ1n) is 12.1. The van der Waals surface area contributed by atoms with Crippen LogP contribution in [0.4, 0.5) is 0 Å². The number of hydrogen-bond donors (Lipinski definition) is 0. The zero-order valence-corrected chi connectivity index (χ0v) is 19.2. The standard InChI is InChI=1S/C25H43NO2/c1-7-14-28-17(3)23-16(2)15-20-18-8-9-21-24(4,13-11-22(27)26(21)6)19(18)10-12-25(20,23)5/h16-21,23H,7-15H2,1-6H3/t16-,17?,18+,19-,20-,21+,23+,24+,25-/m0/s1. The molecule has 4 aliphatic rings. The number of likely N-dealkylation sites (tertiary alicyclic amines) is 1. The van der Waals surface area contributed by atoms with E-state index in [1.807, 2.05) is 0 Å². The summed E-state index contributed by atoms with van der Waals surface area (Å²) in [6, 6.07) is 0.473. The highest BCUT2D eigenvalue weighted by Gasteiger charge is 2.63. The van der Waals surface area contributed by atoms with Gasteiger partial charge >= 0.3 is 0 Å². The molecule has 4 fully saturated rings. The molecule has 28 heavy (non-hydrogen) atoms. The van der Waals surface area contributed by atoms with Gasteiger partial charge in [-0.1, -0.05) is 27.7 Å². The molecule has 1 aliphatic heterocycles. The second kappa shape index (κ2) is 7.29. The highest BCUT2D eigenvalue weighted by molar-refractivity contribution is 5.77. The highest BCUT2D eigenvalue weighted by Crippen LogP contribution is 2.67. The summed E-state index contributed by atoms with van der Waals surface area (Å²) in [5, 5.41) is 0. The molecule has 9 atom stereocenters. The van der Waals surface area contributed by atoms with Gasteiger partial charge in [0.15, 0.2) is 0 Å². The van der Waals surface area contributed by atoms with Crippen molar-refractivity contribution >= 4 is 5.91 Å². The Morgan fingerprint density at radius 1 is 1.14 bits per heavy atom. The largest absolute Gasteiger partial charge is 0.378 e. The molecule has 0 aromatic heterocycles. The van der Waals surface area contributed by atoms with Crippen LogP contribution >= 0.6 is 0 Å². The van der Waals surface area contributed by atoms with E-state index in [1.165, 1.54) is 32.1 Å². The first-order valence-corrected chi connectivity index (χ1v) is 12.1. The van der Waals surface area contributed by atoms with E-state index in [4.69, 9.17) is 4.74 Å². The van der Waals surface area contributed by atoms with Gasteiger partial charge in [0.25, 0.3) is 0 Å². The Bertz CT molecular complexity index is 605. The average Bonchev–Trinajstić information content (AvgIpc) is 2.93. The van der Waals surface area contributed by atoms with Crippen LogP contribution in [0, 0.1) is 40.4 Å². The van der Waals surface area contributed by atoms with Gasteiger partial charge in [-0.05, 0) is 92.3 Å². The van der Waals surface area contributed by atoms with Gasteiger partial charge in [0, 0.05) is 26.1 Å². The van der Waals surface area contributed by atoms with E-state index >= 15 is 0 Å². The maximum Gasteiger partial charge on any atom is 0.222 e. The Morgan fingerprint density at radius 2 is 1.89 bits per heavy atom. The average molecular weight is 390 g/mol. The van der Waals surface area contributed by atoms with Crippen molar-refractivity contribution in [3.63, 3.8) is 0 Å². The summed E-state index contributed by atoms with van der Waals surface area (Å²) >= 11 is 0. The van der Waals surface area contributed by atoms with Crippen LogP contribution in [0.1, 0.15) is 86.0 Å². The molecule has 3 nitrogen and oxygen atoms in total. The van der Waals surface area contributed by atoms with Gasteiger partial charge < -0.3 is 9.64 Å². The number of hydrogen-bond acceptors (Lipinski definition) is 2. The van der Waals surface area contributed by atoms with E-state index < -0.39 is 0 Å². The third kappa shape index (κ3) is 2.89. The Kier molecular flexibility index (Phi) is 5.39. The molecule has 4 rings (SSSR count). The molecule has 1 saturated heterocycles. The van der Waals surface area contributed by atoms with E-state index in [0.29, 0.717) is 34.8 Å². The van der Waals surface area contributed by atoms with Gasteiger partial charge in [-0.3, -0.25) is 4.79 Å². The number of carbonyl (C=O) groups is 1. The van der Waals surface area contributed by atoms with Crippen LogP contribution in [0.25, 0.3) is 0 Å². The minimum Gasteiger partial charge on any atom is -0.378 e. The quantitative estimate of drug-likeness (QED) is 0.633. The Morgan fingerprint density at radius 3 is 2.61 bits per heavy atom. The molecule has 0 N–H and O–H groups in total. The molecule has 1 amide bonds. The van der Waals surface area contributed by atoms with Crippen LogP contribution in [0.3, 0.4) is 0 Å². The molecular weight excluding hydrogens is 346 g/mol. The summed E-state index contributed by atoms with van der Waals surface area (Å²) in [6.07, 6.45) is 10.0. The molecule has 0 bridgehead atoms. The molecule has 0 spiro atoms. The van der Waals surface area contributed by atoms with Crippen LogP contribution in [-0.2, 0) is 9.53 Å². The first kappa shape index (κ1) is 20.7. The normalized spacial score (nSPS) is 49.4. The van der Waals surface area contributed by atoms with Crippen molar-refractivity contribution in [2.75, 3.05) is 13.7 Å². The third-order valence-corrected chi connectivity index (χ3v) is 10.1. The number of carbonyl (C=O) groups excluding carboxylic acids is 1. The van der Waals surface area contributed by atoms with Crippen molar-refractivity contribution in [2.24, 2.45) is 40.4 Å². The van der Waals surface area contributed by atoms with E-state index in [1.54, 1.807) is 0 Å². The second-order valence-electron chi connectivity index (χ2n) is 11.3. The smallest absolute Gasteiger partial charge is 0.222 e. The van der Waals surface area contributed by atoms with Crippen molar-refractivity contribution in [3.05, 3.63) is 0 Å². The maximum atomic E-state index is 12.3. The van der Waals surface area contributed by atoms with Gasteiger partial charge in [0.05, 0.1) is 6.10 Å². The van der Waals surface area contributed by atoms with Crippen molar-refractivity contribution in [2.45, 2.75) is 98.1 Å². The predicted molar refractivity (Wildman–Crippen MR) is 114 cm³/mol. The summed E-state index contributed by atoms with van der Waals surface area (Å²) in [4.78, 5) is 14.5. The molecule has 0 aromatic carbocycles. The third-order valence-electron chi connectivity index (χ3n) is 10.1. The van der Waals surface area contributed by atoms with Crippen molar-refractivity contribution < 1.29 is 9.53 Å². The number of fused-ring (bicyclic) bond motifs is 5. The van der Waals surface area contributed by atoms with Gasteiger partial charge in [-0.25, -0.2) is 0 Å². The van der Waals surface area contributed by atoms with E-state index in [0.717, 1.165) is 49.5 Å². The summed E-state index contributed by atoms with van der Waals surface area (Å²) in [5.41, 5.74) is 0.770. The predicted octanol–water partition coefficient (Wildman–Crippen LogP) is 5.53. The molecule has 1 heterocycles. The fourth-order valence-electron chi connectivity index (χ4n) is 8.96. The summed E-state index contributed by atoms with van der Waals surface area (Å²) in [6.45, 7) is 13.1. The molecule has 0 aromatic rings. The zero-order chi connectivity index (χ0) is 20.3. The summed E-state index contributed by atoms with van der Waals surface area (Å²) < 4.78 is 6.28. The minimum atomic E-state index is 0.332. The van der Waals surface area contributed by atoms with Crippen molar-refractivity contribution in [1.82, 2.24) is 4.90 Å². The van der Waals surface area contributed by atoms with Crippen molar-refractivity contribution in [3.8, 4) is 0 Å². The van der Waals surface area contributed by atoms with Gasteiger partial charge in [-0.2, -0.15) is 0 Å². The molecular formula is C25H43NO2. The fourth-order valence-corrected chi connectivity index (χ4v) is 8.96. The monoisotopic (exact) mass is 389 g/mol. The summed E-state index contributed by atoms with van der Waals surface area (Å²) in [7, 11) is 2.07. The SMILES string of the molecule is CCCOC(C)[C@H]1[C@@H](C)C[C@H]2[C@@H]3CC[C@H]4N(C)C(=O)CC[C@]4(C)[C@H]3CC[C@@]21C. The molecule has 1 unspecified atom stereocenters. The van der Waals surface area contributed by atoms with Crippen LogP contribution in [0.5, 0.6) is 0 Å². The minimum absolute atomic E-state index is 0.332. The van der Waals surface area contributed by atoms with Crippen LogP contribution in [-0.4, -0.2) is 36.6 Å². The van der Waals surface area contributed by atoms with Crippen LogP contribution < -0.4 is 0 Å². The lowest BCUT2D eigenvalue weighted by molar-refractivity contribution is -0.160. The maximum absolute atomic E-state index is 12.3. The number of piperidine rings is 1. The number of ether oxygens (including phenoxy) is 1. The molecule has 3 heteroatoms. The lowest BCUT2D eigenvalue weighted by Crippen LogP contribution is -2.61. The van der Waals surface area contributed by atoms with E-state index in [-0.39, 0.29) is 0 Å². The lowest BCUT2D eigenvalue weighted by atomic mass is 9.46. The molecule has 0 radical (unpaired) electrons. The van der Waals surface area contributed by atoms with Crippen LogP contribution in [0.2, 0.25) is 0 Å². The fraction of sp³-hybridized carbons (Fsp3) is 0.960. The topological polar surface area (TPSA) is 29.5 Å². The Labute approximate surface area is 173 Å². The van der Waals surface area contributed by atoms with Gasteiger partial charge in [0.1, 0.15) is 0 Å². The Balaban J connectivity index is 1.58. The van der Waals surface area contributed by atoms with Crippen LogP contribution in [0.15, 0.2) is 0 Å². The first-order chi connectivity index (χ1) is 13.2. The van der Waals surface area contributed by atoms with Gasteiger partial charge in [0.2, 0.25) is 5.91 Å². The molecule has 160 valence electrons. The van der Waals surface area contributed by atoms with E-state index in [2.05, 4.69) is 46.6 Å². The van der Waals surface area contributed by atoms with E-state index in [9.17, 15) is 4.79 Å². The number of rotatable bonds is 4. The van der Waals surface area contributed by atoms with Crippen molar-refractivity contribution in [1.29, 1.82) is 0 Å².